The van der Waals surface area contributed by atoms with E-state index in [4.69, 9.17) is 9.84 Å². The van der Waals surface area contributed by atoms with Crippen molar-refractivity contribution in [2.75, 3.05) is 19.8 Å². The molecule has 0 bridgehead atoms. The molecular formula is C14H30O2. The maximum absolute atomic E-state index is 8.51. The second kappa shape index (κ2) is 13.0. The minimum absolute atomic E-state index is 0.148. The molecule has 2 nitrogen and oxygen atoms in total. The molecule has 1 N–H and O–H groups in total. The molecule has 2 heteroatoms. The van der Waals surface area contributed by atoms with Gasteiger partial charge in [0.15, 0.2) is 0 Å². The van der Waals surface area contributed by atoms with Crippen LogP contribution in [0.4, 0.5) is 0 Å². The molecule has 0 aromatic heterocycles. The van der Waals surface area contributed by atoms with E-state index in [9.17, 15) is 0 Å². The van der Waals surface area contributed by atoms with Gasteiger partial charge in [0, 0.05) is 6.61 Å². The van der Waals surface area contributed by atoms with E-state index in [0.29, 0.717) is 6.61 Å². The van der Waals surface area contributed by atoms with E-state index < -0.39 is 0 Å². The molecule has 0 aliphatic carbocycles. The van der Waals surface area contributed by atoms with Crippen LogP contribution in [0.15, 0.2) is 0 Å². The highest BCUT2D eigenvalue weighted by atomic mass is 16.5. The molecule has 0 aliphatic rings. The third kappa shape index (κ3) is 12.0. The van der Waals surface area contributed by atoms with Gasteiger partial charge in [-0.05, 0) is 12.3 Å². The van der Waals surface area contributed by atoms with Gasteiger partial charge in [0.25, 0.3) is 0 Å². The minimum atomic E-state index is 0.148. The van der Waals surface area contributed by atoms with Gasteiger partial charge in [0.1, 0.15) is 0 Å². The Morgan fingerprint density at radius 2 is 1.62 bits per heavy atom. The van der Waals surface area contributed by atoms with E-state index in [1.54, 1.807) is 0 Å². The van der Waals surface area contributed by atoms with Crippen LogP contribution >= 0.6 is 0 Å². The summed E-state index contributed by atoms with van der Waals surface area (Å²) >= 11 is 0. The standard InChI is InChI=1S/C14H30O2/c1-3-4-9-14(2)10-7-5-6-8-12-16-13-11-15/h14-15H,3-13H2,1-2H3. The summed E-state index contributed by atoms with van der Waals surface area (Å²) in [7, 11) is 0. The summed E-state index contributed by atoms with van der Waals surface area (Å²) < 4.78 is 5.21. The largest absolute Gasteiger partial charge is 0.394 e. The average molecular weight is 230 g/mol. The van der Waals surface area contributed by atoms with Crippen LogP contribution in [-0.2, 0) is 4.74 Å². The van der Waals surface area contributed by atoms with Gasteiger partial charge in [0.2, 0.25) is 0 Å². The molecule has 0 amide bonds. The second-order valence-corrected chi connectivity index (χ2v) is 4.79. The maximum atomic E-state index is 8.51. The fraction of sp³-hybridized carbons (Fsp3) is 1.00. The Morgan fingerprint density at radius 1 is 0.938 bits per heavy atom. The normalized spacial score (nSPS) is 12.9. The fourth-order valence-corrected chi connectivity index (χ4v) is 1.91. The third-order valence-electron chi connectivity index (χ3n) is 3.02. The highest BCUT2D eigenvalue weighted by Crippen LogP contribution is 2.16. The number of hydrogen-bond donors (Lipinski definition) is 1. The van der Waals surface area contributed by atoms with Crippen LogP contribution in [-0.4, -0.2) is 24.9 Å². The Hall–Kier alpha value is -0.0800. The van der Waals surface area contributed by atoms with Crippen molar-refractivity contribution in [3.8, 4) is 0 Å². The Balaban J connectivity index is 3.02. The zero-order chi connectivity index (χ0) is 12.1. The van der Waals surface area contributed by atoms with Gasteiger partial charge in [-0.1, -0.05) is 58.8 Å². The summed E-state index contributed by atoms with van der Waals surface area (Å²) in [6, 6.07) is 0. The first-order chi connectivity index (χ1) is 7.81. The molecule has 0 rings (SSSR count). The summed E-state index contributed by atoms with van der Waals surface area (Å²) in [5.74, 6) is 0.908. The molecule has 0 spiro atoms. The van der Waals surface area contributed by atoms with E-state index in [-0.39, 0.29) is 6.61 Å². The lowest BCUT2D eigenvalue weighted by Gasteiger charge is -2.10. The molecular weight excluding hydrogens is 200 g/mol. The zero-order valence-electron chi connectivity index (χ0n) is 11.2. The molecule has 1 atom stereocenters. The Kier molecular flexibility index (Phi) is 12.9. The molecule has 0 radical (unpaired) electrons. The van der Waals surface area contributed by atoms with Gasteiger partial charge in [-0.15, -0.1) is 0 Å². The van der Waals surface area contributed by atoms with Gasteiger partial charge in [-0.2, -0.15) is 0 Å². The third-order valence-corrected chi connectivity index (χ3v) is 3.02. The van der Waals surface area contributed by atoms with Crippen molar-refractivity contribution < 1.29 is 9.84 Å². The van der Waals surface area contributed by atoms with Crippen LogP contribution in [0, 0.1) is 5.92 Å². The van der Waals surface area contributed by atoms with Gasteiger partial charge >= 0.3 is 0 Å². The number of ether oxygens (including phenoxy) is 1. The molecule has 0 aliphatic heterocycles. The smallest absolute Gasteiger partial charge is 0.0697 e. The molecule has 98 valence electrons. The predicted molar refractivity (Wildman–Crippen MR) is 69.7 cm³/mol. The lowest BCUT2D eigenvalue weighted by Crippen LogP contribution is -2.00. The molecule has 0 fully saturated rings. The number of unbranched alkanes of at least 4 members (excludes halogenated alkanes) is 4. The van der Waals surface area contributed by atoms with Crippen LogP contribution in [0.3, 0.4) is 0 Å². The van der Waals surface area contributed by atoms with E-state index in [0.717, 1.165) is 18.9 Å². The van der Waals surface area contributed by atoms with Crippen molar-refractivity contribution in [2.24, 2.45) is 5.92 Å². The van der Waals surface area contributed by atoms with E-state index >= 15 is 0 Å². The van der Waals surface area contributed by atoms with Crippen LogP contribution in [0.2, 0.25) is 0 Å². The lowest BCUT2D eigenvalue weighted by atomic mass is 9.97. The predicted octanol–water partition coefficient (Wildman–Crippen LogP) is 3.77. The molecule has 1 unspecified atom stereocenters. The lowest BCUT2D eigenvalue weighted by molar-refractivity contribution is 0.0895. The molecule has 0 aromatic rings. The summed E-state index contributed by atoms with van der Waals surface area (Å²) in [6.07, 6.45) is 10.6. The summed E-state index contributed by atoms with van der Waals surface area (Å²) in [4.78, 5) is 0. The number of hydrogen-bond acceptors (Lipinski definition) is 2. The van der Waals surface area contributed by atoms with Crippen molar-refractivity contribution >= 4 is 0 Å². The first kappa shape index (κ1) is 15.9. The molecule has 0 aromatic carbocycles. The zero-order valence-corrected chi connectivity index (χ0v) is 11.2. The van der Waals surface area contributed by atoms with E-state index in [1.165, 1.54) is 44.9 Å². The topological polar surface area (TPSA) is 29.5 Å². The Labute approximate surface area is 101 Å². The summed E-state index contributed by atoms with van der Waals surface area (Å²) in [5, 5.41) is 8.51. The van der Waals surface area contributed by atoms with E-state index in [1.807, 2.05) is 0 Å². The van der Waals surface area contributed by atoms with Gasteiger partial charge in [0.05, 0.1) is 13.2 Å². The van der Waals surface area contributed by atoms with Crippen molar-refractivity contribution in [2.45, 2.75) is 65.2 Å². The molecule has 0 heterocycles. The number of aliphatic hydroxyl groups is 1. The minimum Gasteiger partial charge on any atom is -0.394 e. The van der Waals surface area contributed by atoms with E-state index in [2.05, 4.69) is 13.8 Å². The molecule has 0 saturated heterocycles. The number of rotatable bonds is 12. The number of aliphatic hydroxyl groups excluding tert-OH is 1. The van der Waals surface area contributed by atoms with Gasteiger partial charge in [-0.3, -0.25) is 0 Å². The summed E-state index contributed by atoms with van der Waals surface area (Å²) in [6.45, 7) is 6.09. The first-order valence-corrected chi connectivity index (χ1v) is 6.99. The van der Waals surface area contributed by atoms with Crippen molar-refractivity contribution in [1.82, 2.24) is 0 Å². The fourth-order valence-electron chi connectivity index (χ4n) is 1.91. The second-order valence-electron chi connectivity index (χ2n) is 4.79. The average Bonchev–Trinajstić information content (AvgIpc) is 2.30. The SMILES string of the molecule is CCCCC(C)CCCCCCOCCO. The van der Waals surface area contributed by atoms with Crippen LogP contribution in [0.1, 0.15) is 65.2 Å². The van der Waals surface area contributed by atoms with Crippen molar-refractivity contribution in [3.05, 3.63) is 0 Å². The summed E-state index contributed by atoms with van der Waals surface area (Å²) in [5.41, 5.74) is 0. The molecule has 0 saturated carbocycles. The molecule has 16 heavy (non-hydrogen) atoms. The van der Waals surface area contributed by atoms with Crippen LogP contribution in [0.5, 0.6) is 0 Å². The first-order valence-electron chi connectivity index (χ1n) is 6.99. The van der Waals surface area contributed by atoms with Crippen molar-refractivity contribution in [1.29, 1.82) is 0 Å². The van der Waals surface area contributed by atoms with Crippen LogP contribution < -0.4 is 0 Å². The van der Waals surface area contributed by atoms with Crippen LogP contribution in [0.25, 0.3) is 0 Å². The highest BCUT2D eigenvalue weighted by molar-refractivity contribution is 4.54. The monoisotopic (exact) mass is 230 g/mol. The van der Waals surface area contributed by atoms with Gasteiger partial charge < -0.3 is 9.84 Å². The Morgan fingerprint density at radius 3 is 2.31 bits per heavy atom. The quantitative estimate of drug-likeness (QED) is 0.517. The maximum Gasteiger partial charge on any atom is 0.0697 e. The van der Waals surface area contributed by atoms with Crippen molar-refractivity contribution in [3.63, 3.8) is 0 Å². The highest BCUT2D eigenvalue weighted by Gasteiger charge is 2.00. The van der Waals surface area contributed by atoms with Gasteiger partial charge in [-0.25, -0.2) is 0 Å². The Bertz CT molecular complexity index is 126.